The molecule has 0 aliphatic heterocycles. The van der Waals surface area contributed by atoms with Gasteiger partial charge >= 0.3 is 0 Å². The van der Waals surface area contributed by atoms with E-state index in [1.165, 1.54) is 5.54 Å². The number of para-hydroxylation sites is 1. The number of rotatable bonds is 5. The summed E-state index contributed by atoms with van der Waals surface area (Å²) in [5.41, 5.74) is 9.58. The summed E-state index contributed by atoms with van der Waals surface area (Å²) in [5.74, 6) is 0.842. The quantitative estimate of drug-likeness (QED) is 0.852. The van der Waals surface area contributed by atoms with Crippen LogP contribution < -0.4 is 10.5 Å². The summed E-state index contributed by atoms with van der Waals surface area (Å²) < 4.78 is 5.68. The van der Waals surface area contributed by atoms with Gasteiger partial charge in [0.15, 0.2) is 0 Å². The van der Waals surface area contributed by atoms with Crippen LogP contribution in [0.15, 0.2) is 35.4 Å². The summed E-state index contributed by atoms with van der Waals surface area (Å²) in [6.07, 6.45) is 0.894. The Bertz CT molecular complexity index is 363. The minimum Gasteiger partial charge on any atom is -0.489 e. The first-order valence-electron chi connectivity index (χ1n) is 5.42. The Morgan fingerprint density at radius 2 is 2.19 bits per heavy atom. The molecule has 0 heterocycles. The monoisotopic (exact) mass is 239 g/mol. The van der Waals surface area contributed by atoms with Crippen molar-refractivity contribution in [3.8, 4) is 5.75 Å². The number of ether oxygens (including phenoxy) is 1. The summed E-state index contributed by atoms with van der Waals surface area (Å²) in [5, 5.41) is 0. The van der Waals surface area contributed by atoms with Gasteiger partial charge in [-0.3, -0.25) is 0 Å². The van der Waals surface area contributed by atoms with E-state index in [0.29, 0.717) is 6.61 Å². The Morgan fingerprint density at radius 3 is 2.81 bits per heavy atom. The van der Waals surface area contributed by atoms with Gasteiger partial charge in [-0.25, -0.2) is 0 Å². The molecule has 2 N–H and O–H groups in total. The molecule has 16 heavy (non-hydrogen) atoms. The lowest BCUT2D eigenvalue weighted by molar-refractivity contribution is 0.345. The highest BCUT2D eigenvalue weighted by molar-refractivity contribution is 6.25. The van der Waals surface area contributed by atoms with Crippen LogP contribution in [0.3, 0.4) is 0 Å². The molecule has 0 unspecified atom stereocenters. The van der Waals surface area contributed by atoms with Crippen LogP contribution in [-0.2, 0) is 0 Å². The first kappa shape index (κ1) is 13.1. The van der Waals surface area contributed by atoms with Gasteiger partial charge in [-0.1, -0.05) is 36.7 Å². The number of hydrogen-bond donors (Lipinski definition) is 1. The van der Waals surface area contributed by atoms with E-state index in [9.17, 15) is 0 Å². The summed E-state index contributed by atoms with van der Waals surface area (Å²) >= 11 is 5.58. The van der Waals surface area contributed by atoms with Crippen molar-refractivity contribution in [2.24, 2.45) is 5.73 Å². The maximum atomic E-state index is 6.01. The van der Waals surface area contributed by atoms with Gasteiger partial charge in [-0.15, -0.1) is 0 Å². The molecule has 0 radical (unpaired) electrons. The first-order valence-corrected chi connectivity index (χ1v) is 5.85. The minimum atomic E-state index is 0.0245. The zero-order valence-electron chi connectivity index (χ0n) is 9.74. The third-order valence-electron chi connectivity index (χ3n) is 2.40. The fraction of sp³-hybridized carbons (Fsp3) is 0.385. The lowest BCUT2D eigenvalue weighted by atomic mass is 10.0. The standard InChI is InChI=1S/C13H18ClNO/c1-3-12(15)11-6-4-5-7-13(11)16-9-10(2)8-14/h4-8,12H,3,9,15H2,1-2H3/b10-8+/t12-/m1/s1. The topological polar surface area (TPSA) is 35.2 Å². The summed E-state index contributed by atoms with van der Waals surface area (Å²) in [4.78, 5) is 0. The van der Waals surface area contributed by atoms with Gasteiger partial charge in [0.05, 0.1) is 0 Å². The third kappa shape index (κ3) is 3.54. The Morgan fingerprint density at radius 1 is 1.50 bits per heavy atom. The predicted molar refractivity (Wildman–Crippen MR) is 68.8 cm³/mol. The molecular formula is C13H18ClNO. The number of hydrogen-bond acceptors (Lipinski definition) is 2. The summed E-state index contributed by atoms with van der Waals surface area (Å²) in [7, 11) is 0. The van der Waals surface area contributed by atoms with Gasteiger partial charge in [-0.05, 0) is 25.0 Å². The zero-order valence-corrected chi connectivity index (χ0v) is 10.5. The molecule has 0 saturated carbocycles. The lowest BCUT2D eigenvalue weighted by Gasteiger charge is -2.15. The summed E-state index contributed by atoms with van der Waals surface area (Å²) in [6.45, 7) is 4.48. The van der Waals surface area contributed by atoms with E-state index in [-0.39, 0.29) is 6.04 Å². The Kier molecular flexibility index (Phi) is 5.36. The molecule has 0 saturated heterocycles. The highest BCUT2D eigenvalue weighted by Gasteiger charge is 2.09. The summed E-state index contributed by atoms with van der Waals surface area (Å²) in [6, 6.07) is 7.88. The van der Waals surface area contributed by atoms with Crippen LogP contribution in [0.5, 0.6) is 5.75 Å². The van der Waals surface area contributed by atoms with Gasteiger partial charge < -0.3 is 10.5 Å². The van der Waals surface area contributed by atoms with Crippen LogP contribution in [0, 0.1) is 0 Å². The molecule has 2 nitrogen and oxygen atoms in total. The Hall–Kier alpha value is -0.990. The van der Waals surface area contributed by atoms with Crippen molar-refractivity contribution >= 4 is 11.6 Å². The third-order valence-corrected chi connectivity index (χ3v) is 2.77. The first-order chi connectivity index (χ1) is 7.69. The molecule has 0 fully saturated rings. The van der Waals surface area contributed by atoms with Crippen molar-refractivity contribution in [1.82, 2.24) is 0 Å². The van der Waals surface area contributed by atoms with Crippen molar-refractivity contribution in [2.75, 3.05) is 6.61 Å². The molecule has 0 aromatic heterocycles. The molecule has 88 valence electrons. The maximum Gasteiger partial charge on any atom is 0.124 e. The average Bonchev–Trinajstić information content (AvgIpc) is 2.35. The van der Waals surface area contributed by atoms with E-state index in [1.54, 1.807) is 0 Å². The van der Waals surface area contributed by atoms with Crippen LogP contribution in [0.2, 0.25) is 0 Å². The fourth-order valence-corrected chi connectivity index (χ4v) is 1.42. The van der Waals surface area contributed by atoms with E-state index >= 15 is 0 Å². The number of nitrogens with two attached hydrogens (primary N) is 1. The van der Waals surface area contributed by atoms with Gasteiger partial charge in [0, 0.05) is 17.1 Å². The number of halogens is 1. The van der Waals surface area contributed by atoms with Crippen LogP contribution in [0.4, 0.5) is 0 Å². The zero-order chi connectivity index (χ0) is 12.0. The van der Waals surface area contributed by atoms with E-state index in [2.05, 4.69) is 6.92 Å². The molecule has 0 amide bonds. The molecule has 0 spiro atoms. The predicted octanol–water partition coefficient (Wildman–Crippen LogP) is 3.62. The lowest BCUT2D eigenvalue weighted by Crippen LogP contribution is -2.11. The maximum absolute atomic E-state index is 6.01. The molecule has 1 aromatic carbocycles. The minimum absolute atomic E-state index is 0.0245. The molecule has 1 aromatic rings. The van der Waals surface area contributed by atoms with Crippen molar-refractivity contribution in [1.29, 1.82) is 0 Å². The largest absolute Gasteiger partial charge is 0.489 e. The molecule has 3 heteroatoms. The average molecular weight is 240 g/mol. The Balaban J connectivity index is 2.79. The molecule has 1 rings (SSSR count). The van der Waals surface area contributed by atoms with Gasteiger partial charge in [0.1, 0.15) is 12.4 Å². The normalized spacial score (nSPS) is 13.6. The smallest absolute Gasteiger partial charge is 0.124 e. The highest BCUT2D eigenvalue weighted by Crippen LogP contribution is 2.25. The Labute approximate surface area is 102 Å². The van der Waals surface area contributed by atoms with E-state index in [1.807, 2.05) is 31.2 Å². The van der Waals surface area contributed by atoms with Gasteiger partial charge in [0.2, 0.25) is 0 Å². The van der Waals surface area contributed by atoms with Crippen molar-refractivity contribution in [2.45, 2.75) is 26.3 Å². The van der Waals surface area contributed by atoms with Crippen LogP contribution in [0.25, 0.3) is 0 Å². The number of benzene rings is 1. The molecule has 0 aliphatic rings. The molecule has 1 atom stereocenters. The van der Waals surface area contributed by atoms with E-state index in [4.69, 9.17) is 22.1 Å². The van der Waals surface area contributed by atoms with Crippen LogP contribution in [-0.4, -0.2) is 6.61 Å². The van der Waals surface area contributed by atoms with E-state index < -0.39 is 0 Å². The molecule has 0 bridgehead atoms. The second-order valence-electron chi connectivity index (χ2n) is 3.80. The fourth-order valence-electron chi connectivity index (χ4n) is 1.36. The van der Waals surface area contributed by atoms with Crippen molar-refractivity contribution in [3.63, 3.8) is 0 Å². The highest BCUT2D eigenvalue weighted by atomic mass is 35.5. The van der Waals surface area contributed by atoms with Crippen molar-refractivity contribution in [3.05, 3.63) is 40.9 Å². The second kappa shape index (κ2) is 6.56. The van der Waals surface area contributed by atoms with Gasteiger partial charge in [0.25, 0.3) is 0 Å². The van der Waals surface area contributed by atoms with Crippen molar-refractivity contribution < 1.29 is 4.74 Å². The van der Waals surface area contributed by atoms with E-state index in [0.717, 1.165) is 23.3 Å². The van der Waals surface area contributed by atoms with Crippen LogP contribution >= 0.6 is 11.6 Å². The SMILES string of the molecule is CC[C@@H](N)c1ccccc1OC/C(C)=C/Cl. The second-order valence-corrected chi connectivity index (χ2v) is 4.01. The molecular weight excluding hydrogens is 222 g/mol. The molecule has 0 aliphatic carbocycles. The van der Waals surface area contributed by atoms with Gasteiger partial charge in [-0.2, -0.15) is 0 Å². The van der Waals surface area contributed by atoms with Crippen LogP contribution in [0.1, 0.15) is 31.9 Å².